The lowest BCUT2D eigenvalue weighted by molar-refractivity contribution is -0.644. The van der Waals surface area contributed by atoms with Gasteiger partial charge in [0.1, 0.15) is 24.6 Å². The number of aryl methyl sites for hydroxylation is 6. The number of rotatable bonds is 8. The van der Waals surface area contributed by atoms with Crippen LogP contribution in [0.2, 0.25) is 0 Å². The molecule has 4 saturated heterocycles. The number of amides is 2. The fourth-order valence-electron chi connectivity index (χ4n) is 14.6. The van der Waals surface area contributed by atoms with Crippen molar-refractivity contribution >= 4 is 86.3 Å². The molecule has 22 nitrogen and oxygen atoms in total. The van der Waals surface area contributed by atoms with E-state index < -0.39 is 0 Å². The number of likely N-dealkylation sites (N-methyl/N-ethyl adjacent to an activating group) is 1. The number of carbonyl (C=O) groups excluding carboxylic acids is 3. The molecule has 3 unspecified atom stereocenters. The van der Waals surface area contributed by atoms with Gasteiger partial charge in [0.05, 0.1) is 29.9 Å². The molecule has 11 heterocycles. The number of para-hydroxylation sites is 1. The molecule has 788 valence electrons. The normalized spacial score (nSPS) is 18.3. The lowest BCUT2D eigenvalue weighted by atomic mass is 9.85. The second-order valence-corrected chi connectivity index (χ2v) is 39.7. The third kappa shape index (κ3) is 59.3. The van der Waals surface area contributed by atoms with Gasteiger partial charge in [0.2, 0.25) is 17.0 Å². The Morgan fingerprint density at radius 2 is 1.32 bits per heavy atom. The number of allylic oxidation sites excluding steroid dienone is 4. The number of carbonyl (C=O) groups is 3. The summed E-state index contributed by atoms with van der Waals surface area (Å²) < 4.78 is 26.2. The van der Waals surface area contributed by atoms with Crippen LogP contribution in [0.4, 0.5) is 4.39 Å². The minimum Gasteiger partial charge on any atom is -0.496 e. The summed E-state index contributed by atoms with van der Waals surface area (Å²) in [5, 5.41) is 13.5. The summed E-state index contributed by atoms with van der Waals surface area (Å²) in [4.78, 5) is 83.3. The Hall–Kier alpha value is -10.4. The number of likely N-dealkylation sites (tertiary alicyclic amines) is 2. The van der Waals surface area contributed by atoms with Crippen molar-refractivity contribution in [1.29, 1.82) is 0 Å². The summed E-state index contributed by atoms with van der Waals surface area (Å²) in [6.45, 7) is 56.9. The number of fused-ring (bicyclic) bond motifs is 2. The third-order valence-corrected chi connectivity index (χ3v) is 24.4. The molecule has 2 aromatic carbocycles. The van der Waals surface area contributed by atoms with Crippen LogP contribution in [0.3, 0.4) is 0 Å². The van der Waals surface area contributed by atoms with Crippen LogP contribution in [0.15, 0.2) is 208 Å². The van der Waals surface area contributed by atoms with E-state index in [0.717, 1.165) is 145 Å². The molecule has 4 N–H and O–H groups in total. The minimum absolute atomic E-state index is 0. The van der Waals surface area contributed by atoms with Gasteiger partial charge >= 0.3 is 5.97 Å². The molecule has 25 heteroatoms. The molecule has 0 bridgehead atoms. The first-order valence-electron chi connectivity index (χ1n) is 49.3. The van der Waals surface area contributed by atoms with E-state index in [1.807, 2.05) is 120 Å². The number of halogens is 1. The quantitative estimate of drug-likeness (QED) is 0.0363. The number of nitrogens with one attached hydrogen (secondary N) is 4. The summed E-state index contributed by atoms with van der Waals surface area (Å²) in [6.07, 6.45) is 41.9. The number of hydrogen-bond donors (Lipinski definition) is 4. The number of esters is 1. The Labute approximate surface area is 863 Å². The van der Waals surface area contributed by atoms with Crippen molar-refractivity contribution in [2.75, 3.05) is 53.6 Å². The number of thioether (sulfide) groups is 1. The van der Waals surface area contributed by atoms with Gasteiger partial charge in [0, 0.05) is 162 Å². The van der Waals surface area contributed by atoms with E-state index in [1.54, 1.807) is 82.0 Å². The maximum atomic E-state index is 12.9. The monoisotopic (exact) mass is 1990 g/mol. The molecule has 3 aliphatic carbocycles. The predicted molar refractivity (Wildman–Crippen MR) is 606 cm³/mol. The van der Waals surface area contributed by atoms with Crippen LogP contribution >= 0.6 is 24.0 Å². The molecule has 2 amide bonds. The van der Waals surface area contributed by atoms with Crippen LogP contribution in [0, 0.1) is 68.5 Å². The highest BCUT2D eigenvalue weighted by Crippen LogP contribution is 2.39. The Balaban J connectivity index is -0.00000146. The zero-order valence-corrected chi connectivity index (χ0v) is 90.3. The van der Waals surface area contributed by atoms with Crippen LogP contribution in [0.5, 0.6) is 0 Å². The van der Waals surface area contributed by atoms with Crippen LogP contribution in [-0.4, -0.2) is 150 Å². The van der Waals surface area contributed by atoms with Gasteiger partial charge in [-0.25, -0.2) is 23.9 Å². The summed E-state index contributed by atoms with van der Waals surface area (Å²) in [7, 11) is 11.5. The highest BCUT2D eigenvalue weighted by molar-refractivity contribution is 7.99. The van der Waals surface area contributed by atoms with E-state index >= 15 is 0 Å². The van der Waals surface area contributed by atoms with E-state index in [1.165, 1.54) is 134 Å². The lowest BCUT2D eigenvalue weighted by Gasteiger charge is -2.40. The van der Waals surface area contributed by atoms with Crippen molar-refractivity contribution < 1.29 is 32.8 Å². The Bertz CT molecular complexity index is 5000. The standard InChI is InChI=1S/C14H18FN.C11H12N.C10H10N2O.C8H15NO.C8H15N.C8H9N.C7H12N2OS.C7H9NO.C7H14.C6H8N2S.C6H10N2.C6H10O.C5H11N.C5H12.C4H8O2.4CH4/c1-10-4-5-11(2)16(3)14(10)12-6-8-13(15)9-7-12;1-9-7-8-12(2)11-6-4-3-5-10(9)11;1-6-5-11-10-8(9(6)13)4-3-7(2)12-10;1-7-3-5-9(6-4-7)8(2)10;1-7-3-5-8(9-2)6-4-7;1-2-4-8-5-3-6-9-7-8;1-3-4-5-6(10)9(2)7(11)8-5;1-6-3-4-7(9)8(2)5-6;1-7-5-3-2-4-6-7;1-2-9-6-7-4-3-5-8-6;1-5-3-4-6(2)8-7-5;1-5-3-4-6(2)7-5;1-4-3-5(4)6-2;1-5(2,3)4;1-3-6-4(2)5;;;;/h6-10,14H,2,4-5H2,1,3H3;3-8H,1-2H3;3-5H,1-2H3,(H,11,12,13);7H,3-6H2,1-2H3;7H,3-6H2,1-2H3;2-7H,1H3;5H,3-4H2,1-2H3,(H,8,11);3-5H,1-2H3;7H,2-6H2,1H3;3-5H,2H2,1H3;7H,1,3-4H2,2H3;6H,1,3-4H2,2H3;4-6H,3H2,1-2H3;1-4H3;3H2,1-2H3;4*1H4/q;+1;;;;;;;;;;;;;;;;;/b;;;;;4-2+;;;;;;;;;;;;;/t10-,14-;;;;;;;;;;;;4?,5-;;;;;;/m0...........1....../s1. The molecule has 6 aromatic heterocycles. The van der Waals surface area contributed by atoms with Gasteiger partial charge in [-0.05, 0) is 264 Å². The number of benzene rings is 2. The van der Waals surface area contributed by atoms with E-state index in [0.29, 0.717) is 46.2 Å². The lowest BCUT2D eigenvalue weighted by Crippen LogP contribution is -2.36. The van der Waals surface area contributed by atoms with Crippen molar-refractivity contribution in [1.82, 2.24) is 60.2 Å². The number of H-pyrrole nitrogens is 1. The number of aromatic amines is 1. The van der Waals surface area contributed by atoms with Crippen molar-refractivity contribution in [2.24, 2.45) is 59.2 Å². The summed E-state index contributed by atoms with van der Waals surface area (Å²) in [5.41, 5.74) is 16.6. The molecule has 5 aliphatic heterocycles. The fraction of sp³-hybridized carbons (Fsp3) is 0.560. The summed E-state index contributed by atoms with van der Waals surface area (Å²) in [6, 6.07) is 31.3. The number of nitrogens with zero attached hydrogens (tertiary/aromatic N) is 11. The molecule has 0 radical (unpaired) electrons. The average molecular weight is 1990 g/mol. The molecule has 141 heavy (non-hydrogen) atoms. The number of aromatic nitrogens is 7. The molecule has 0 spiro atoms. The molecule has 16 rings (SSSR count). The van der Waals surface area contributed by atoms with E-state index in [2.05, 4.69) is 226 Å². The van der Waals surface area contributed by atoms with Gasteiger partial charge in [-0.15, -0.1) is 0 Å². The van der Waals surface area contributed by atoms with Gasteiger partial charge in [-0.1, -0.05) is 224 Å². The van der Waals surface area contributed by atoms with Crippen molar-refractivity contribution in [3.63, 3.8) is 0 Å². The molecule has 7 fully saturated rings. The number of pyridine rings is 5. The van der Waals surface area contributed by atoms with Gasteiger partial charge in [0.15, 0.2) is 21.9 Å². The third-order valence-electron chi connectivity index (χ3n) is 23.3. The first-order chi connectivity index (χ1) is 64.9. The van der Waals surface area contributed by atoms with Gasteiger partial charge in [0.25, 0.3) is 5.91 Å². The second-order valence-electron chi connectivity index (χ2n) is 38.1. The number of aliphatic imine (C=N–C) groups is 1. The average Bonchev–Trinajstić information content (AvgIpc) is 1.47. The highest BCUT2D eigenvalue weighted by Gasteiger charge is 2.32. The summed E-state index contributed by atoms with van der Waals surface area (Å²) in [5.74, 6) is 6.25. The zero-order chi connectivity index (χ0) is 103. The second kappa shape index (κ2) is 75.4. The molecular weight excluding hydrogens is 1800 g/mol. The maximum Gasteiger partial charge on any atom is 0.302 e. The predicted octanol–water partition coefficient (Wildman–Crippen LogP) is 27.0. The molecule has 6 atom stereocenters. The van der Waals surface area contributed by atoms with Crippen molar-refractivity contribution in [2.45, 2.75) is 333 Å². The smallest absolute Gasteiger partial charge is 0.302 e. The van der Waals surface area contributed by atoms with Gasteiger partial charge in [-0.3, -0.25) is 44.3 Å². The molecule has 8 aromatic rings. The number of ether oxygens (including phenoxy) is 2. The maximum absolute atomic E-state index is 12.9. The molecule has 8 aliphatic rings. The van der Waals surface area contributed by atoms with Gasteiger partial charge < -0.3 is 39.5 Å². The Kier molecular flexibility index (Phi) is 72.1. The highest BCUT2D eigenvalue weighted by atomic mass is 32.2. The zero-order valence-electron chi connectivity index (χ0n) is 88.7. The van der Waals surface area contributed by atoms with Crippen LogP contribution in [0.1, 0.15) is 315 Å². The van der Waals surface area contributed by atoms with E-state index in [-0.39, 0.29) is 70.3 Å². The van der Waals surface area contributed by atoms with Crippen LogP contribution in [-0.2, 0) is 38.0 Å². The topological polar surface area (TPSA) is 250 Å². The van der Waals surface area contributed by atoms with E-state index in [4.69, 9.17) is 17.0 Å². The van der Waals surface area contributed by atoms with Crippen molar-refractivity contribution in [3.05, 3.63) is 243 Å². The number of hydrogen-bond acceptors (Lipinski definition) is 18. The first-order valence-corrected chi connectivity index (χ1v) is 50.7. The largest absolute Gasteiger partial charge is 0.496 e. The Morgan fingerprint density at radius 3 is 1.75 bits per heavy atom. The number of piperidine rings is 2. The molecular formula is C116H189FN15O7S2+. The SMILES string of the molecule is C.C.C.C.C/C=C/c1cccnc1.C=C1CCC(C)=NN1.C=C1CCC(C)O1.C=C1CC[C@H](C)[C@@H](c2ccc(F)cc2)N1C.CC(=O)N1CCC(C)CC1.CC(C)(C)C.CC1CCCCC1.CCCC1NC(=S)N(C)C1=O.CCOC(C)=O.CCSc1ncccn1.CN=C1CCC(C)CC1.CN[C@@H]1CC1C.Cc1cc[n+](C)c2ccccc12.Cc1ccc(=O)n(C)c1.Cc1ccc2c(=O)c(C)c[nH]c2n1. The number of thiocarbonyl (C=S) groups is 1. The van der Waals surface area contributed by atoms with E-state index in [9.17, 15) is 28.4 Å². The van der Waals surface area contributed by atoms with Crippen molar-refractivity contribution in [3.8, 4) is 0 Å². The Morgan fingerprint density at radius 1 is 0.716 bits per heavy atom. The molecule has 3 saturated carbocycles. The minimum atomic E-state index is -0.211. The summed E-state index contributed by atoms with van der Waals surface area (Å²) >= 11 is 6.56. The van der Waals surface area contributed by atoms with Crippen LogP contribution < -0.4 is 31.6 Å². The fourth-order valence-corrected chi connectivity index (χ4v) is 15.4. The number of hydrazone groups is 1. The van der Waals surface area contributed by atoms with Crippen LogP contribution in [0.25, 0.3) is 28.0 Å². The van der Waals surface area contributed by atoms with Gasteiger partial charge in [-0.2, -0.15) is 5.10 Å². The first kappa shape index (κ1) is 135.